The minimum Gasteiger partial charge on any atom is -0.465 e. The minimum absolute atomic E-state index is 0.000797. The van der Waals surface area contributed by atoms with E-state index in [1.807, 2.05) is 16.7 Å². The van der Waals surface area contributed by atoms with Gasteiger partial charge in [0.2, 0.25) is 5.91 Å². The van der Waals surface area contributed by atoms with Crippen molar-refractivity contribution >= 4 is 11.8 Å². The quantitative estimate of drug-likeness (QED) is 0.777. The molecule has 0 aromatic carbocycles. The summed E-state index contributed by atoms with van der Waals surface area (Å²) < 4.78 is 8.01. The lowest BCUT2D eigenvalue weighted by molar-refractivity contribution is -0.129. The molecule has 5 rings (SSSR count). The van der Waals surface area contributed by atoms with Crippen LogP contribution in [0.3, 0.4) is 0 Å². The molecule has 1 fully saturated rings. The van der Waals surface area contributed by atoms with Crippen molar-refractivity contribution in [1.82, 2.24) is 24.6 Å². The molecule has 8 nitrogen and oxygen atoms in total. The van der Waals surface area contributed by atoms with E-state index < -0.39 is 0 Å². The third-order valence-electron chi connectivity index (χ3n) is 6.59. The Morgan fingerprint density at radius 2 is 1.90 bits per heavy atom. The van der Waals surface area contributed by atoms with E-state index in [1.165, 1.54) is 0 Å². The summed E-state index contributed by atoms with van der Waals surface area (Å²) in [6.07, 6.45) is 5.99. The van der Waals surface area contributed by atoms with Gasteiger partial charge in [-0.2, -0.15) is 0 Å². The van der Waals surface area contributed by atoms with Crippen LogP contribution in [0.1, 0.15) is 77.7 Å². The van der Waals surface area contributed by atoms with Crippen LogP contribution in [0.15, 0.2) is 4.42 Å². The van der Waals surface area contributed by atoms with Gasteiger partial charge in [-0.1, -0.05) is 0 Å². The number of aryl methyl sites for hydroxylation is 2. The van der Waals surface area contributed by atoms with Crippen molar-refractivity contribution in [2.45, 2.75) is 71.5 Å². The predicted molar refractivity (Wildman–Crippen MR) is 104 cm³/mol. The average molecular weight is 397 g/mol. The number of likely N-dealkylation sites (tertiary alicyclic amines) is 1. The second-order valence-corrected chi connectivity index (χ2v) is 8.37. The highest BCUT2D eigenvalue weighted by molar-refractivity contribution is 5.97. The van der Waals surface area contributed by atoms with Gasteiger partial charge in [0.25, 0.3) is 5.91 Å². The number of hydrogen-bond acceptors (Lipinski definition) is 5. The molecule has 8 heteroatoms. The number of nitrogens with zero attached hydrogens (tertiary/aromatic N) is 5. The zero-order valence-electron chi connectivity index (χ0n) is 17.1. The van der Waals surface area contributed by atoms with Crippen molar-refractivity contribution in [2.75, 3.05) is 13.1 Å². The van der Waals surface area contributed by atoms with Gasteiger partial charge in [-0.3, -0.25) is 9.59 Å². The Hall–Kier alpha value is -2.64. The van der Waals surface area contributed by atoms with E-state index in [0.29, 0.717) is 19.6 Å². The van der Waals surface area contributed by atoms with Gasteiger partial charge in [0.1, 0.15) is 11.5 Å². The number of rotatable bonds is 2. The van der Waals surface area contributed by atoms with Gasteiger partial charge in [0.05, 0.1) is 18.2 Å². The summed E-state index contributed by atoms with van der Waals surface area (Å²) in [5.74, 6) is 3.50. The van der Waals surface area contributed by atoms with Crippen molar-refractivity contribution in [3.05, 3.63) is 34.3 Å². The standard InChI is InChI=1S/C21H27N5O3/c1-13-19(15-6-3-4-8-17(15)29-13)21(28)24-10-11-26-18(12-24)22-23-20(26)16-7-5-9-25(16)14(2)27/h16H,3-12H2,1-2H3. The van der Waals surface area contributed by atoms with E-state index in [1.54, 1.807) is 6.92 Å². The van der Waals surface area contributed by atoms with Crippen LogP contribution in [0, 0.1) is 6.92 Å². The maximum absolute atomic E-state index is 13.3. The number of aromatic nitrogens is 3. The van der Waals surface area contributed by atoms with E-state index in [-0.39, 0.29) is 17.9 Å². The van der Waals surface area contributed by atoms with Crippen LogP contribution in [-0.4, -0.2) is 49.5 Å². The molecule has 0 radical (unpaired) electrons. The molecule has 29 heavy (non-hydrogen) atoms. The van der Waals surface area contributed by atoms with E-state index in [4.69, 9.17) is 4.42 Å². The first-order valence-electron chi connectivity index (χ1n) is 10.6. The molecule has 1 unspecified atom stereocenters. The summed E-state index contributed by atoms with van der Waals surface area (Å²) in [4.78, 5) is 29.0. The summed E-state index contributed by atoms with van der Waals surface area (Å²) in [7, 11) is 0. The molecule has 0 N–H and O–H groups in total. The first-order chi connectivity index (χ1) is 14.0. The normalized spacial score (nSPS) is 21.2. The third-order valence-corrected chi connectivity index (χ3v) is 6.59. The highest BCUT2D eigenvalue weighted by Gasteiger charge is 2.35. The SMILES string of the molecule is CC(=O)N1CCCC1c1nnc2n1CCN(C(=O)c1c(C)oc3c1CCCC3)C2. The molecule has 154 valence electrons. The van der Waals surface area contributed by atoms with Gasteiger partial charge in [-0.05, 0) is 39.0 Å². The molecule has 1 saturated heterocycles. The number of carbonyl (C=O) groups excluding carboxylic acids is 2. The maximum atomic E-state index is 13.3. The molecule has 3 aliphatic rings. The van der Waals surface area contributed by atoms with E-state index in [9.17, 15) is 9.59 Å². The lowest BCUT2D eigenvalue weighted by Crippen LogP contribution is -2.40. The number of carbonyl (C=O) groups is 2. The second-order valence-electron chi connectivity index (χ2n) is 8.37. The highest BCUT2D eigenvalue weighted by Crippen LogP contribution is 2.33. The molecule has 2 aliphatic heterocycles. The molecule has 1 atom stereocenters. The fraction of sp³-hybridized carbons (Fsp3) is 0.619. The van der Waals surface area contributed by atoms with Crippen LogP contribution in [0.25, 0.3) is 0 Å². The summed E-state index contributed by atoms with van der Waals surface area (Å²) in [5, 5.41) is 8.80. The Morgan fingerprint density at radius 3 is 2.72 bits per heavy atom. The van der Waals surface area contributed by atoms with Crippen molar-refractivity contribution in [1.29, 1.82) is 0 Å². The van der Waals surface area contributed by atoms with E-state index in [2.05, 4.69) is 14.8 Å². The highest BCUT2D eigenvalue weighted by atomic mass is 16.3. The van der Waals surface area contributed by atoms with Crippen LogP contribution in [0.5, 0.6) is 0 Å². The first-order valence-corrected chi connectivity index (χ1v) is 10.6. The maximum Gasteiger partial charge on any atom is 0.258 e. The first kappa shape index (κ1) is 18.4. The van der Waals surface area contributed by atoms with Gasteiger partial charge in [-0.15, -0.1) is 10.2 Å². The molecule has 4 heterocycles. The Balaban J connectivity index is 1.39. The molecule has 1 aliphatic carbocycles. The van der Waals surface area contributed by atoms with Gasteiger partial charge in [0, 0.05) is 38.5 Å². The zero-order valence-corrected chi connectivity index (χ0v) is 17.1. The lowest BCUT2D eigenvalue weighted by Gasteiger charge is -2.30. The topological polar surface area (TPSA) is 84.5 Å². The predicted octanol–water partition coefficient (Wildman–Crippen LogP) is 2.40. The van der Waals surface area contributed by atoms with Crippen molar-refractivity contribution in [2.24, 2.45) is 0 Å². The number of fused-ring (bicyclic) bond motifs is 2. The second kappa shape index (κ2) is 7.00. The van der Waals surface area contributed by atoms with Gasteiger partial charge >= 0.3 is 0 Å². The number of furan rings is 1. The molecule has 2 amide bonds. The summed E-state index contributed by atoms with van der Waals surface area (Å²) in [6, 6.07) is -0.000797. The Morgan fingerprint density at radius 1 is 1.07 bits per heavy atom. The fourth-order valence-electron chi connectivity index (χ4n) is 5.15. The zero-order chi connectivity index (χ0) is 20.1. The third kappa shape index (κ3) is 2.96. The molecule has 0 saturated carbocycles. The van der Waals surface area contributed by atoms with Gasteiger partial charge < -0.3 is 18.8 Å². The van der Waals surface area contributed by atoms with Crippen molar-refractivity contribution in [3.8, 4) is 0 Å². The minimum atomic E-state index is -0.000797. The van der Waals surface area contributed by atoms with Gasteiger partial charge in [-0.25, -0.2) is 0 Å². The Bertz CT molecular complexity index is 975. The number of amides is 2. The Kier molecular flexibility index (Phi) is 4.44. The molecular formula is C21H27N5O3. The molecule has 0 bridgehead atoms. The fourth-order valence-corrected chi connectivity index (χ4v) is 5.15. The summed E-state index contributed by atoms with van der Waals surface area (Å²) in [5.41, 5.74) is 1.86. The van der Waals surface area contributed by atoms with Crippen LogP contribution in [-0.2, 0) is 30.7 Å². The van der Waals surface area contributed by atoms with Gasteiger partial charge in [0.15, 0.2) is 11.6 Å². The van der Waals surface area contributed by atoms with Crippen LogP contribution in [0.2, 0.25) is 0 Å². The molecule has 2 aromatic rings. The molecule has 0 spiro atoms. The molecular weight excluding hydrogens is 370 g/mol. The number of hydrogen-bond donors (Lipinski definition) is 0. The average Bonchev–Trinajstić information content (AvgIpc) is 3.42. The van der Waals surface area contributed by atoms with E-state index in [0.717, 1.165) is 79.4 Å². The smallest absolute Gasteiger partial charge is 0.258 e. The van der Waals surface area contributed by atoms with Crippen molar-refractivity contribution < 1.29 is 14.0 Å². The van der Waals surface area contributed by atoms with E-state index >= 15 is 0 Å². The Labute approximate surface area is 169 Å². The summed E-state index contributed by atoms with van der Waals surface area (Å²) >= 11 is 0. The molecule has 2 aromatic heterocycles. The summed E-state index contributed by atoms with van der Waals surface area (Å²) in [6.45, 7) is 6.00. The monoisotopic (exact) mass is 397 g/mol. The van der Waals surface area contributed by atoms with Crippen LogP contribution in [0.4, 0.5) is 0 Å². The van der Waals surface area contributed by atoms with Crippen LogP contribution >= 0.6 is 0 Å². The van der Waals surface area contributed by atoms with Crippen LogP contribution < -0.4 is 0 Å². The lowest BCUT2D eigenvalue weighted by atomic mass is 9.94. The largest absolute Gasteiger partial charge is 0.465 e. The van der Waals surface area contributed by atoms with Crippen molar-refractivity contribution in [3.63, 3.8) is 0 Å².